The largest absolute Gasteiger partial charge is 0.476 e. The fourth-order valence-electron chi connectivity index (χ4n) is 0.737. The van der Waals surface area contributed by atoms with E-state index >= 15 is 0 Å². The smallest absolute Gasteiger partial charge is 0.355 e. The Hall–Kier alpha value is -0.550. The number of rotatable bonds is 2. The second kappa shape index (κ2) is 3.91. The van der Waals surface area contributed by atoms with Crippen LogP contribution in [0.15, 0.2) is 21.6 Å². The molecule has 3 nitrogen and oxygen atoms in total. The molecule has 0 saturated carbocycles. The Morgan fingerprint density at radius 2 is 2.42 bits per heavy atom. The number of aromatic nitrogens is 1. The van der Waals surface area contributed by atoms with E-state index in [-0.39, 0.29) is 5.69 Å². The molecule has 1 heterocycles. The Bertz CT molecular complexity index is 316. The van der Waals surface area contributed by atoms with Crippen LogP contribution in [0.5, 0.6) is 0 Å². The van der Waals surface area contributed by atoms with E-state index in [1.165, 1.54) is 18.0 Å². The third-order valence-corrected chi connectivity index (χ3v) is 2.43. The first-order valence-electron chi connectivity index (χ1n) is 3.08. The second-order valence-electron chi connectivity index (χ2n) is 2.01. The van der Waals surface area contributed by atoms with Gasteiger partial charge in [-0.15, -0.1) is 11.8 Å². The molecule has 12 heavy (non-hydrogen) atoms. The number of thioether (sulfide) groups is 1. The van der Waals surface area contributed by atoms with Crippen LogP contribution in [0.1, 0.15) is 10.5 Å². The summed E-state index contributed by atoms with van der Waals surface area (Å²) in [5.74, 6) is -0.994. The standard InChI is InChI=1S/C7H6BrNO2S/c1-12-5-2-4(8)3-9-6(5)7(10)11/h2-3H,1H3,(H,10,11). The summed E-state index contributed by atoms with van der Waals surface area (Å²) in [7, 11) is 0. The number of aromatic carboxylic acids is 1. The average Bonchev–Trinajstić information content (AvgIpc) is 2.03. The molecule has 0 atom stereocenters. The highest BCUT2D eigenvalue weighted by molar-refractivity contribution is 9.10. The fraction of sp³-hybridized carbons (Fsp3) is 0.143. The van der Waals surface area contributed by atoms with Gasteiger partial charge in [-0.05, 0) is 28.3 Å². The summed E-state index contributed by atoms with van der Waals surface area (Å²) in [4.78, 5) is 15.0. The van der Waals surface area contributed by atoms with Crippen LogP contribution in [0.4, 0.5) is 0 Å². The van der Waals surface area contributed by atoms with Crippen molar-refractivity contribution in [3.63, 3.8) is 0 Å². The Labute approximate surface area is 82.3 Å². The number of carbonyl (C=O) groups is 1. The summed E-state index contributed by atoms with van der Waals surface area (Å²) in [5.41, 5.74) is 0.103. The highest BCUT2D eigenvalue weighted by Gasteiger charge is 2.10. The molecule has 0 aliphatic rings. The van der Waals surface area contributed by atoms with Crippen molar-refractivity contribution in [3.05, 3.63) is 22.4 Å². The highest BCUT2D eigenvalue weighted by atomic mass is 79.9. The van der Waals surface area contributed by atoms with E-state index in [4.69, 9.17) is 5.11 Å². The molecule has 0 fully saturated rings. The number of pyridine rings is 1. The van der Waals surface area contributed by atoms with Crippen molar-refractivity contribution in [2.75, 3.05) is 6.26 Å². The maximum Gasteiger partial charge on any atom is 0.355 e. The second-order valence-corrected chi connectivity index (χ2v) is 3.77. The Morgan fingerprint density at radius 1 is 1.75 bits per heavy atom. The number of halogens is 1. The Balaban J connectivity index is 3.20. The van der Waals surface area contributed by atoms with Gasteiger partial charge in [0, 0.05) is 15.6 Å². The van der Waals surface area contributed by atoms with Gasteiger partial charge in [0.05, 0.1) is 0 Å². The number of carboxylic acid groups (broad SMARTS) is 1. The van der Waals surface area contributed by atoms with Gasteiger partial charge in [0.15, 0.2) is 5.69 Å². The van der Waals surface area contributed by atoms with Gasteiger partial charge in [0.25, 0.3) is 0 Å². The van der Waals surface area contributed by atoms with Gasteiger partial charge < -0.3 is 5.11 Å². The fourth-order valence-corrected chi connectivity index (χ4v) is 1.80. The number of nitrogens with zero attached hydrogens (tertiary/aromatic N) is 1. The molecular weight excluding hydrogens is 242 g/mol. The lowest BCUT2D eigenvalue weighted by molar-refractivity contribution is 0.0686. The monoisotopic (exact) mass is 247 g/mol. The molecule has 0 unspecified atom stereocenters. The van der Waals surface area contributed by atoms with Crippen LogP contribution in [0, 0.1) is 0 Å². The van der Waals surface area contributed by atoms with Crippen LogP contribution in [-0.2, 0) is 0 Å². The van der Waals surface area contributed by atoms with Crippen molar-refractivity contribution in [3.8, 4) is 0 Å². The van der Waals surface area contributed by atoms with Crippen LogP contribution in [0.3, 0.4) is 0 Å². The van der Waals surface area contributed by atoms with Crippen LogP contribution >= 0.6 is 27.7 Å². The van der Waals surface area contributed by atoms with E-state index in [1.54, 1.807) is 6.07 Å². The van der Waals surface area contributed by atoms with Crippen molar-refractivity contribution in [1.82, 2.24) is 4.98 Å². The molecule has 5 heteroatoms. The minimum atomic E-state index is -0.994. The molecule has 1 N–H and O–H groups in total. The lowest BCUT2D eigenvalue weighted by Gasteiger charge is -2.00. The van der Waals surface area contributed by atoms with E-state index in [1.807, 2.05) is 6.26 Å². The average molecular weight is 248 g/mol. The zero-order valence-corrected chi connectivity index (χ0v) is 8.65. The molecule has 64 valence electrons. The normalized spacial score (nSPS) is 9.83. The van der Waals surface area contributed by atoms with Gasteiger partial charge in [-0.1, -0.05) is 0 Å². The summed E-state index contributed by atoms with van der Waals surface area (Å²) in [6, 6.07) is 1.74. The molecule has 0 aromatic carbocycles. The molecule has 0 amide bonds. The summed E-state index contributed by atoms with van der Waals surface area (Å²) in [6.45, 7) is 0. The molecule has 0 aliphatic carbocycles. The maximum absolute atomic E-state index is 10.6. The number of carboxylic acids is 1. The molecular formula is C7H6BrNO2S. The van der Waals surface area contributed by atoms with Crippen molar-refractivity contribution >= 4 is 33.7 Å². The summed E-state index contributed by atoms with van der Waals surface area (Å²) >= 11 is 4.58. The molecule has 1 rings (SSSR count). The van der Waals surface area contributed by atoms with Gasteiger partial charge in [0.1, 0.15) is 0 Å². The van der Waals surface area contributed by atoms with Crippen LogP contribution in [-0.4, -0.2) is 22.3 Å². The third kappa shape index (κ3) is 1.98. The van der Waals surface area contributed by atoms with Gasteiger partial charge in [-0.2, -0.15) is 0 Å². The van der Waals surface area contributed by atoms with Crippen molar-refractivity contribution in [1.29, 1.82) is 0 Å². The molecule has 0 bridgehead atoms. The molecule has 0 radical (unpaired) electrons. The van der Waals surface area contributed by atoms with Gasteiger partial charge >= 0.3 is 5.97 Å². The van der Waals surface area contributed by atoms with E-state index in [9.17, 15) is 4.79 Å². The molecule has 1 aromatic rings. The predicted octanol–water partition coefficient (Wildman–Crippen LogP) is 2.26. The van der Waals surface area contributed by atoms with Crippen molar-refractivity contribution < 1.29 is 9.90 Å². The van der Waals surface area contributed by atoms with Crippen molar-refractivity contribution in [2.24, 2.45) is 0 Å². The molecule has 0 spiro atoms. The Morgan fingerprint density at radius 3 is 2.92 bits per heavy atom. The topological polar surface area (TPSA) is 50.2 Å². The maximum atomic E-state index is 10.6. The lowest BCUT2D eigenvalue weighted by Crippen LogP contribution is -2.01. The van der Waals surface area contributed by atoms with E-state index < -0.39 is 5.97 Å². The first-order chi connectivity index (χ1) is 5.65. The summed E-state index contributed by atoms with van der Waals surface area (Å²) in [6.07, 6.45) is 3.29. The van der Waals surface area contributed by atoms with Gasteiger partial charge in [-0.25, -0.2) is 9.78 Å². The number of hydrogen-bond acceptors (Lipinski definition) is 3. The lowest BCUT2D eigenvalue weighted by atomic mass is 10.3. The zero-order valence-electron chi connectivity index (χ0n) is 6.24. The van der Waals surface area contributed by atoms with Crippen LogP contribution in [0.2, 0.25) is 0 Å². The zero-order chi connectivity index (χ0) is 9.14. The number of hydrogen-bond donors (Lipinski definition) is 1. The van der Waals surface area contributed by atoms with Crippen molar-refractivity contribution in [2.45, 2.75) is 4.90 Å². The summed E-state index contributed by atoms with van der Waals surface area (Å²) in [5, 5.41) is 8.70. The van der Waals surface area contributed by atoms with Crippen LogP contribution < -0.4 is 0 Å². The van der Waals surface area contributed by atoms with Gasteiger partial charge in [-0.3, -0.25) is 0 Å². The van der Waals surface area contributed by atoms with Crippen LogP contribution in [0.25, 0.3) is 0 Å². The van der Waals surface area contributed by atoms with E-state index in [2.05, 4.69) is 20.9 Å². The first kappa shape index (κ1) is 9.54. The summed E-state index contributed by atoms with van der Waals surface area (Å²) < 4.78 is 0.789. The first-order valence-corrected chi connectivity index (χ1v) is 5.09. The van der Waals surface area contributed by atoms with Gasteiger partial charge in [0.2, 0.25) is 0 Å². The molecule has 0 saturated heterocycles. The van der Waals surface area contributed by atoms with E-state index in [0.29, 0.717) is 4.90 Å². The highest BCUT2D eigenvalue weighted by Crippen LogP contribution is 2.22. The SMILES string of the molecule is CSc1cc(Br)cnc1C(=O)O. The molecule has 0 aliphatic heterocycles. The van der Waals surface area contributed by atoms with E-state index in [0.717, 1.165) is 4.47 Å². The quantitative estimate of drug-likeness (QED) is 0.815. The minimum absolute atomic E-state index is 0.103. The molecule has 1 aromatic heterocycles. The predicted molar refractivity (Wildman–Crippen MR) is 50.7 cm³/mol. The third-order valence-electron chi connectivity index (χ3n) is 1.24. The minimum Gasteiger partial charge on any atom is -0.476 e. The Kier molecular flexibility index (Phi) is 3.11.